The lowest BCUT2D eigenvalue weighted by Crippen LogP contribution is -2.21. The molecule has 1 aliphatic rings. The molecule has 0 aliphatic carbocycles. The molecular weight excluding hydrogens is 240 g/mol. The van der Waals surface area contributed by atoms with Crippen molar-refractivity contribution in [2.24, 2.45) is 0 Å². The average molecular weight is 264 g/mol. The Morgan fingerprint density at radius 2 is 2.21 bits per heavy atom. The van der Waals surface area contributed by atoms with Gasteiger partial charge in [0.1, 0.15) is 5.75 Å². The van der Waals surface area contributed by atoms with Crippen LogP contribution in [0, 0.1) is 0 Å². The normalized spacial score (nSPS) is 21.1. The molecule has 19 heavy (non-hydrogen) atoms. The number of hydrogen-bond donors (Lipinski definition) is 1. The molecule has 0 bridgehead atoms. The number of ether oxygens (including phenoxy) is 2. The van der Waals surface area contributed by atoms with E-state index in [2.05, 4.69) is 0 Å². The van der Waals surface area contributed by atoms with E-state index in [4.69, 9.17) is 9.47 Å². The SMILES string of the molecule is COc1ccccc1CC(O)CCC1CCCCO1. The van der Waals surface area contributed by atoms with Crippen molar-refractivity contribution in [2.75, 3.05) is 13.7 Å². The van der Waals surface area contributed by atoms with Gasteiger partial charge < -0.3 is 14.6 Å². The van der Waals surface area contributed by atoms with Gasteiger partial charge in [-0.15, -0.1) is 0 Å². The first-order valence-corrected chi connectivity index (χ1v) is 7.21. The summed E-state index contributed by atoms with van der Waals surface area (Å²) in [5.41, 5.74) is 1.07. The van der Waals surface area contributed by atoms with Crippen LogP contribution in [-0.2, 0) is 11.2 Å². The molecule has 0 spiro atoms. The van der Waals surface area contributed by atoms with Crippen LogP contribution < -0.4 is 4.74 Å². The van der Waals surface area contributed by atoms with Gasteiger partial charge in [-0.3, -0.25) is 0 Å². The number of benzene rings is 1. The fraction of sp³-hybridized carbons (Fsp3) is 0.625. The third kappa shape index (κ3) is 4.51. The molecule has 1 saturated heterocycles. The van der Waals surface area contributed by atoms with Gasteiger partial charge in [-0.1, -0.05) is 18.2 Å². The van der Waals surface area contributed by atoms with E-state index in [0.717, 1.165) is 37.2 Å². The van der Waals surface area contributed by atoms with Crippen LogP contribution in [0.25, 0.3) is 0 Å². The van der Waals surface area contributed by atoms with Gasteiger partial charge in [0.2, 0.25) is 0 Å². The Morgan fingerprint density at radius 1 is 1.37 bits per heavy atom. The maximum absolute atomic E-state index is 10.1. The maximum Gasteiger partial charge on any atom is 0.122 e. The van der Waals surface area contributed by atoms with Gasteiger partial charge in [-0.05, 0) is 43.7 Å². The summed E-state index contributed by atoms with van der Waals surface area (Å²) >= 11 is 0. The fourth-order valence-electron chi connectivity index (χ4n) is 2.64. The lowest BCUT2D eigenvalue weighted by molar-refractivity contribution is 0.00231. The summed E-state index contributed by atoms with van der Waals surface area (Å²) in [5.74, 6) is 0.857. The zero-order valence-electron chi connectivity index (χ0n) is 11.7. The Kier molecular flexibility index (Phi) is 5.67. The molecule has 0 amide bonds. The molecule has 1 aromatic rings. The molecule has 1 aliphatic heterocycles. The first kappa shape index (κ1) is 14.4. The van der Waals surface area contributed by atoms with Gasteiger partial charge >= 0.3 is 0 Å². The van der Waals surface area contributed by atoms with Gasteiger partial charge in [0.15, 0.2) is 0 Å². The van der Waals surface area contributed by atoms with E-state index in [1.54, 1.807) is 7.11 Å². The lowest BCUT2D eigenvalue weighted by Gasteiger charge is -2.23. The smallest absolute Gasteiger partial charge is 0.122 e. The van der Waals surface area contributed by atoms with E-state index < -0.39 is 0 Å². The van der Waals surface area contributed by atoms with Crippen molar-refractivity contribution in [3.8, 4) is 5.75 Å². The van der Waals surface area contributed by atoms with Crippen molar-refractivity contribution >= 4 is 0 Å². The second kappa shape index (κ2) is 7.51. The highest BCUT2D eigenvalue weighted by Gasteiger charge is 2.16. The van der Waals surface area contributed by atoms with E-state index in [-0.39, 0.29) is 6.10 Å². The Balaban J connectivity index is 1.78. The van der Waals surface area contributed by atoms with E-state index >= 15 is 0 Å². The van der Waals surface area contributed by atoms with Gasteiger partial charge in [0, 0.05) is 13.0 Å². The van der Waals surface area contributed by atoms with Crippen molar-refractivity contribution in [3.05, 3.63) is 29.8 Å². The van der Waals surface area contributed by atoms with Crippen molar-refractivity contribution in [1.29, 1.82) is 0 Å². The third-order valence-electron chi connectivity index (χ3n) is 3.74. The molecule has 1 heterocycles. The number of aliphatic hydroxyl groups excluding tert-OH is 1. The van der Waals surface area contributed by atoms with Crippen LogP contribution in [0.5, 0.6) is 5.75 Å². The van der Waals surface area contributed by atoms with Crippen LogP contribution in [0.15, 0.2) is 24.3 Å². The molecule has 2 unspecified atom stereocenters. The van der Waals surface area contributed by atoms with E-state index in [0.29, 0.717) is 12.5 Å². The number of para-hydroxylation sites is 1. The van der Waals surface area contributed by atoms with Gasteiger partial charge in [0.25, 0.3) is 0 Å². The number of aliphatic hydroxyl groups is 1. The Morgan fingerprint density at radius 3 is 2.95 bits per heavy atom. The van der Waals surface area contributed by atoms with Gasteiger partial charge in [0.05, 0.1) is 19.3 Å². The minimum absolute atomic E-state index is 0.318. The number of hydrogen-bond acceptors (Lipinski definition) is 3. The zero-order valence-corrected chi connectivity index (χ0v) is 11.7. The summed E-state index contributed by atoms with van der Waals surface area (Å²) in [7, 11) is 1.67. The molecule has 1 aromatic carbocycles. The van der Waals surface area contributed by atoms with Crippen LogP contribution in [-0.4, -0.2) is 31.0 Å². The molecule has 3 heteroatoms. The Labute approximate surface area is 115 Å². The van der Waals surface area contributed by atoms with E-state index in [9.17, 15) is 5.11 Å². The molecule has 106 valence electrons. The topological polar surface area (TPSA) is 38.7 Å². The van der Waals surface area contributed by atoms with Crippen LogP contribution >= 0.6 is 0 Å². The summed E-state index contributed by atoms with van der Waals surface area (Å²) < 4.78 is 11.0. The highest BCUT2D eigenvalue weighted by molar-refractivity contribution is 5.33. The van der Waals surface area contributed by atoms with Gasteiger partial charge in [-0.25, -0.2) is 0 Å². The van der Waals surface area contributed by atoms with Crippen LogP contribution in [0.4, 0.5) is 0 Å². The minimum Gasteiger partial charge on any atom is -0.496 e. The van der Waals surface area contributed by atoms with Crippen molar-refractivity contribution < 1.29 is 14.6 Å². The summed E-state index contributed by atoms with van der Waals surface area (Å²) in [6.45, 7) is 0.882. The first-order chi connectivity index (χ1) is 9.29. The molecule has 0 aromatic heterocycles. The highest BCUT2D eigenvalue weighted by Crippen LogP contribution is 2.22. The fourth-order valence-corrected chi connectivity index (χ4v) is 2.64. The third-order valence-corrected chi connectivity index (χ3v) is 3.74. The molecular formula is C16H24O3. The molecule has 2 atom stereocenters. The minimum atomic E-state index is -0.318. The molecule has 3 nitrogen and oxygen atoms in total. The number of methoxy groups -OCH3 is 1. The standard InChI is InChI=1S/C16H24O3/c1-18-16-8-3-2-6-13(16)12-14(17)9-10-15-7-4-5-11-19-15/h2-3,6,8,14-15,17H,4-5,7,9-12H2,1H3. The maximum atomic E-state index is 10.1. The first-order valence-electron chi connectivity index (χ1n) is 7.21. The predicted molar refractivity (Wildman–Crippen MR) is 75.5 cm³/mol. The van der Waals surface area contributed by atoms with Crippen molar-refractivity contribution in [3.63, 3.8) is 0 Å². The predicted octanol–water partition coefficient (Wildman–Crippen LogP) is 2.95. The van der Waals surface area contributed by atoms with Crippen LogP contribution in [0.1, 0.15) is 37.7 Å². The summed E-state index contributed by atoms with van der Waals surface area (Å²) in [4.78, 5) is 0. The van der Waals surface area contributed by atoms with Crippen LogP contribution in [0.2, 0.25) is 0 Å². The van der Waals surface area contributed by atoms with E-state index in [1.165, 1.54) is 12.8 Å². The summed E-state index contributed by atoms with van der Waals surface area (Å²) in [6.07, 6.45) is 6.01. The van der Waals surface area contributed by atoms with Crippen molar-refractivity contribution in [1.82, 2.24) is 0 Å². The second-order valence-corrected chi connectivity index (χ2v) is 5.24. The lowest BCUT2D eigenvalue weighted by atomic mass is 9.99. The molecule has 1 fully saturated rings. The largest absolute Gasteiger partial charge is 0.496 e. The van der Waals surface area contributed by atoms with Crippen LogP contribution in [0.3, 0.4) is 0 Å². The van der Waals surface area contributed by atoms with E-state index in [1.807, 2.05) is 24.3 Å². The molecule has 0 saturated carbocycles. The molecule has 0 radical (unpaired) electrons. The zero-order chi connectivity index (χ0) is 13.5. The quantitative estimate of drug-likeness (QED) is 0.858. The monoisotopic (exact) mass is 264 g/mol. The second-order valence-electron chi connectivity index (χ2n) is 5.24. The Hall–Kier alpha value is -1.06. The summed E-state index contributed by atoms with van der Waals surface area (Å²) in [6, 6.07) is 7.88. The molecule has 1 N–H and O–H groups in total. The van der Waals surface area contributed by atoms with Gasteiger partial charge in [-0.2, -0.15) is 0 Å². The Bertz CT molecular complexity index is 372. The highest BCUT2D eigenvalue weighted by atomic mass is 16.5. The molecule has 2 rings (SSSR count). The average Bonchev–Trinajstić information content (AvgIpc) is 2.47. The number of rotatable bonds is 6. The van der Waals surface area contributed by atoms with Crippen molar-refractivity contribution in [2.45, 2.75) is 50.7 Å². The summed E-state index contributed by atoms with van der Waals surface area (Å²) in [5, 5.41) is 10.1.